The molecule has 3 saturated carbocycles. The first-order valence-electron chi connectivity index (χ1n) is 7.42. The predicted molar refractivity (Wildman–Crippen MR) is 71.1 cm³/mol. The third-order valence-corrected chi connectivity index (χ3v) is 5.76. The Kier molecular flexibility index (Phi) is 2.36. The summed E-state index contributed by atoms with van der Waals surface area (Å²) in [6, 6.07) is 10.6. The Balaban J connectivity index is 1.58. The molecule has 94 valence electrons. The fourth-order valence-electron chi connectivity index (χ4n) is 5.09. The van der Waals surface area contributed by atoms with Gasteiger partial charge in [0.25, 0.3) is 0 Å². The number of carbonyl (C=O) groups excluding carboxylic acids is 1. The van der Waals surface area contributed by atoms with Gasteiger partial charge in [0.1, 0.15) is 5.78 Å². The lowest BCUT2D eigenvalue weighted by atomic mass is 9.73. The van der Waals surface area contributed by atoms with E-state index in [9.17, 15) is 4.79 Å². The number of benzene rings is 1. The van der Waals surface area contributed by atoms with Gasteiger partial charge < -0.3 is 0 Å². The van der Waals surface area contributed by atoms with Gasteiger partial charge in [0.15, 0.2) is 0 Å². The van der Waals surface area contributed by atoms with Crippen LogP contribution in [0.1, 0.15) is 31.2 Å². The molecule has 0 heterocycles. The Hall–Kier alpha value is -1.11. The van der Waals surface area contributed by atoms with Gasteiger partial charge in [-0.15, -0.1) is 0 Å². The lowest BCUT2D eigenvalue weighted by Crippen LogP contribution is -2.33. The molecule has 3 fully saturated rings. The van der Waals surface area contributed by atoms with Crippen LogP contribution in [-0.2, 0) is 11.2 Å². The molecular weight excluding hydrogens is 220 g/mol. The van der Waals surface area contributed by atoms with E-state index in [0.29, 0.717) is 17.6 Å². The monoisotopic (exact) mass is 240 g/mol. The second kappa shape index (κ2) is 3.94. The first-order valence-corrected chi connectivity index (χ1v) is 7.42. The molecule has 1 nitrogen and oxygen atoms in total. The summed E-state index contributed by atoms with van der Waals surface area (Å²) in [7, 11) is 0. The summed E-state index contributed by atoms with van der Waals surface area (Å²) in [6.45, 7) is 0. The molecule has 5 atom stereocenters. The first kappa shape index (κ1) is 10.8. The molecule has 1 aromatic rings. The SMILES string of the molecule is O=C1C2CC(C1Cc1ccccc1)C1CCCC21. The van der Waals surface area contributed by atoms with E-state index in [2.05, 4.69) is 30.3 Å². The van der Waals surface area contributed by atoms with E-state index in [4.69, 9.17) is 0 Å². The topological polar surface area (TPSA) is 17.1 Å². The maximum absolute atomic E-state index is 12.5. The normalized spacial score (nSPS) is 41.3. The Morgan fingerprint density at radius 1 is 1.00 bits per heavy atom. The van der Waals surface area contributed by atoms with Gasteiger partial charge in [-0.2, -0.15) is 0 Å². The van der Waals surface area contributed by atoms with Crippen LogP contribution < -0.4 is 0 Å². The van der Waals surface area contributed by atoms with Crippen molar-refractivity contribution in [2.75, 3.05) is 0 Å². The van der Waals surface area contributed by atoms with Gasteiger partial charge in [-0.05, 0) is 49.0 Å². The minimum Gasteiger partial charge on any atom is -0.299 e. The number of rotatable bonds is 2. The molecule has 0 saturated heterocycles. The summed E-state index contributed by atoms with van der Waals surface area (Å²) in [5.74, 6) is 3.77. The van der Waals surface area contributed by atoms with E-state index in [0.717, 1.165) is 24.2 Å². The molecule has 0 amide bonds. The van der Waals surface area contributed by atoms with Crippen molar-refractivity contribution < 1.29 is 4.79 Å². The molecule has 2 bridgehead atoms. The van der Waals surface area contributed by atoms with Gasteiger partial charge in [-0.25, -0.2) is 0 Å². The average molecular weight is 240 g/mol. The predicted octanol–water partition coefficient (Wildman–Crippen LogP) is 3.48. The first-order chi connectivity index (χ1) is 8.84. The number of ketones is 1. The molecule has 3 aliphatic carbocycles. The molecule has 0 spiro atoms. The Labute approximate surface area is 109 Å². The van der Waals surface area contributed by atoms with E-state index >= 15 is 0 Å². The van der Waals surface area contributed by atoms with Crippen molar-refractivity contribution in [3.05, 3.63) is 35.9 Å². The molecule has 0 N–H and O–H groups in total. The highest BCUT2D eigenvalue weighted by molar-refractivity contribution is 5.87. The van der Waals surface area contributed by atoms with Crippen molar-refractivity contribution in [1.82, 2.24) is 0 Å². The van der Waals surface area contributed by atoms with Crippen molar-refractivity contribution >= 4 is 5.78 Å². The Bertz CT molecular complexity index is 464. The molecular formula is C17H20O. The molecule has 18 heavy (non-hydrogen) atoms. The summed E-state index contributed by atoms with van der Waals surface area (Å²) < 4.78 is 0. The summed E-state index contributed by atoms with van der Waals surface area (Å²) in [6.07, 6.45) is 6.30. The molecule has 0 aromatic heterocycles. The van der Waals surface area contributed by atoms with E-state index in [-0.39, 0.29) is 0 Å². The zero-order valence-corrected chi connectivity index (χ0v) is 10.7. The molecule has 3 aliphatic rings. The largest absolute Gasteiger partial charge is 0.299 e. The summed E-state index contributed by atoms with van der Waals surface area (Å²) in [5, 5.41) is 0. The van der Waals surface area contributed by atoms with E-state index in [1.807, 2.05) is 0 Å². The van der Waals surface area contributed by atoms with Crippen LogP contribution in [-0.4, -0.2) is 5.78 Å². The smallest absolute Gasteiger partial charge is 0.139 e. The van der Waals surface area contributed by atoms with Crippen LogP contribution in [0.15, 0.2) is 30.3 Å². The Morgan fingerprint density at radius 2 is 1.78 bits per heavy atom. The third-order valence-electron chi connectivity index (χ3n) is 5.76. The van der Waals surface area contributed by atoms with Crippen LogP contribution in [0.2, 0.25) is 0 Å². The van der Waals surface area contributed by atoms with Crippen LogP contribution in [0.4, 0.5) is 0 Å². The molecule has 1 aromatic carbocycles. The minimum absolute atomic E-state index is 0.344. The second-order valence-corrected chi connectivity index (χ2v) is 6.46. The highest BCUT2D eigenvalue weighted by atomic mass is 16.1. The summed E-state index contributed by atoms with van der Waals surface area (Å²) in [4.78, 5) is 12.5. The van der Waals surface area contributed by atoms with Crippen LogP contribution in [0.5, 0.6) is 0 Å². The number of fused-ring (bicyclic) bond motifs is 5. The van der Waals surface area contributed by atoms with E-state index in [1.54, 1.807) is 0 Å². The van der Waals surface area contributed by atoms with Crippen molar-refractivity contribution in [2.45, 2.75) is 32.1 Å². The Morgan fingerprint density at radius 3 is 2.61 bits per heavy atom. The van der Waals surface area contributed by atoms with Gasteiger partial charge in [0.2, 0.25) is 0 Å². The summed E-state index contributed by atoms with van der Waals surface area (Å²) >= 11 is 0. The van der Waals surface area contributed by atoms with Crippen molar-refractivity contribution in [1.29, 1.82) is 0 Å². The van der Waals surface area contributed by atoms with Gasteiger partial charge in [-0.1, -0.05) is 36.8 Å². The zero-order chi connectivity index (χ0) is 12.1. The quantitative estimate of drug-likeness (QED) is 0.773. The maximum atomic E-state index is 12.5. The van der Waals surface area contributed by atoms with Gasteiger partial charge in [0.05, 0.1) is 0 Å². The van der Waals surface area contributed by atoms with E-state index < -0.39 is 0 Å². The summed E-state index contributed by atoms with van der Waals surface area (Å²) in [5.41, 5.74) is 1.35. The van der Waals surface area contributed by atoms with Crippen LogP contribution >= 0.6 is 0 Å². The van der Waals surface area contributed by atoms with E-state index in [1.165, 1.54) is 31.2 Å². The highest BCUT2D eigenvalue weighted by Crippen LogP contribution is 2.59. The highest BCUT2D eigenvalue weighted by Gasteiger charge is 2.58. The molecule has 5 unspecified atom stereocenters. The number of Topliss-reactive ketones (excluding diaryl/α,β-unsaturated/α-hetero) is 1. The molecule has 4 rings (SSSR count). The molecule has 1 heteroatoms. The minimum atomic E-state index is 0.344. The standard InChI is InChI=1S/C17H20O/c18-17-15(9-11-5-2-1-3-6-11)14-10-16(17)13-8-4-7-12(13)14/h1-3,5-6,12-16H,4,7-10H2. The fraction of sp³-hybridized carbons (Fsp3) is 0.588. The second-order valence-electron chi connectivity index (χ2n) is 6.46. The lowest BCUT2D eigenvalue weighted by molar-refractivity contribution is -0.128. The fourth-order valence-corrected chi connectivity index (χ4v) is 5.09. The van der Waals surface area contributed by atoms with Crippen molar-refractivity contribution in [3.63, 3.8) is 0 Å². The number of hydrogen-bond donors (Lipinski definition) is 0. The van der Waals surface area contributed by atoms with Gasteiger partial charge in [-0.3, -0.25) is 4.79 Å². The van der Waals surface area contributed by atoms with Crippen molar-refractivity contribution in [2.24, 2.45) is 29.6 Å². The van der Waals surface area contributed by atoms with Crippen molar-refractivity contribution in [3.8, 4) is 0 Å². The zero-order valence-electron chi connectivity index (χ0n) is 10.7. The average Bonchev–Trinajstić information content (AvgIpc) is 3.04. The lowest BCUT2D eigenvalue weighted by Gasteiger charge is -2.30. The number of carbonyl (C=O) groups is 1. The van der Waals surface area contributed by atoms with Crippen LogP contribution in [0.25, 0.3) is 0 Å². The molecule has 0 radical (unpaired) electrons. The van der Waals surface area contributed by atoms with Crippen LogP contribution in [0.3, 0.4) is 0 Å². The van der Waals surface area contributed by atoms with Gasteiger partial charge >= 0.3 is 0 Å². The number of hydrogen-bond acceptors (Lipinski definition) is 1. The third kappa shape index (κ3) is 1.43. The van der Waals surface area contributed by atoms with Gasteiger partial charge in [0, 0.05) is 11.8 Å². The van der Waals surface area contributed by atoms with Crippen LogP contribution in [0, 0.1) is 29.6 Å². The maximum Gasteiger partial charge on any atom is 0.139 e. The molecule has 0 aliphatic heterocycles.